The molecule has 2 N–H and O–H groups in total. The van der Waals surface area contributed by atoms with E-state index in [-0.39, 0.29) is 5.88 Å². The average Bonchev–Trinajstić information content (AvgIpc) is 2.36. The van der Waals surface area contributed by atoms with Gasteiger partial charge >= 0.3 is 6.09 Å². The number of carbonyl (C=O) groups excluding carboxylic acids is 1. The lowest BCUT2D eigenvalue weighted by molar-refractivity contribution is 0.0440. The summed E-state index contributed by atoms with van der Waals surface area (Å²) in [4.78, 5) is 11.8. The molecule has 0 spiro atoms. The van der Waals surface area contributed by atoms with Crippen molar-refractivity contribution >= 4 is 17.7 Å². The molecule has 0 saturated heterocycles. The topological polar surface area (TPSA) is 58.6 Å². The molecular formula is C15H22ClNO3. The van der Waals surface area contributed by atoms with E-state index >= 15 is 0 Å². The van der Waals surface area contributed by atoms with Gasteiger partial charge in [0.1, 0.15) is 5.60 Å². The quantitative estimate of drug-likeness (QED) is 0.822. The van der Waals surface area contributed by atoms with Gasteiger partial charge in [-0.1, -0.05) is 30.3 Å². The third-order valence-corrected chi connectivity index (χ3v) is 2.94. The number of rotatable bonds is 5. The van der Waals surface area contributed by atoms with Gasteiger partial charge in [-0.05, 0) is 32.8 Å². The number of alkyl carbamates (subject to hydrolysis) is 1. The van der Waals surface area contributed by atoms with Gasteiger partial charge < -0.3 is 15.2 Å². The van der Waals surface area contributed by atoms with Gasteiger partial charge in [-0.25, -0.2) is 4.79 Å². The Hall–Kier alpha value is -1.26. The standard InChI is InChI=1S/C15H22ClNO3/c1-15(2,3)20-14(19)17-12(13(18)10-16)9-11-7-5-4-6-8-11/h4-8,12-13,18H,9-10H2,1-3H3,(H,17,19)/t12-,13-/m0/s1/i4+1,5+1,6+1,7+1,8+1,11+1. The Morgan fingerprint density at radius 1 is 1.35 bits per heavy atom. The molecule has 4 nitrogen and oxygen atoms in total. The predicted molar refractivity (Wildman–Crippen MR) is 80.0 cm³/mol. The van der Waals surface area contributed by atoms with E-state index in [1.807, 2.05) is 30.3 Å². The van der Waals surface area contributed by atoms with Crippen molar-refractivity contribution in [3.05, 3.63) is 35.9 Å². The minimum atomic E-state index is -0.829. The Bertz CT molecular complexity index is 417. The maximum atomic E-state index is 11.8. The molecule has 2 atom stereocenters. The minimum Gasteiger partial charge on any atom is -0.444 e. The van der Waals surface area contributed by atoms with E-state index in [2.05, 4.69) is 5.32 Å². The minimum absolute atomic E-state index is 0.0489. The molecule has 0 saturated carbocycles. The number of hydrogen-bond acceptors (Lipinski definition) is 3. The highest BCUT2D eigenvalue weighted by molar-refractivity contribution is 6.18. The van der Waals surface area contributed by atoms with Crippen molar-refractivity contribution in [3.63, 3.8) is 0 Å². The fraction of sp³-hybridized carbons (Fsp3) is 0.533. The molecule has 0 bridgehead atoms. The first-order valence-electron chi connectivity index (χ1n) is 6.59. The molecule has 1 amide bonds. The van der Waals surface area contributed by atoms with Crippen molar-refractivity contribution < 1.29 is 14.6 Å². The molecule has 0 aliphatic heterocycles. The van der Waals surface area contributed by atoms with Crippen LogP contribution < -0.4 is 5.32 Å². The molecule has 1 aromatic rings. The van der Waals surface area contributed by atoms with Crippen LogP contribution in [0.25, 0.3) is 0 Å². The summed E-state index contributed by atoms with van der Waals surface area (Å²) in [6.45, 7) is 5.37. The molecule has 0 radical (unpaired) electrons. The van der Waals surface area contributed by atoms with Gasteiger partial charge in [0.15, 0.2) is 0 Å². The summed E-state index contributed by atoms with van der Waals surface area (Å²) in [5.41, 5.74) is 0.436. The number of aliphatic hydroxyl groups excluding tert-OH is 1. The Labute approximate surface area is 125 Å². The van der Waals surface area contributed by atoms with E-state index in [1.54, 1.807) is 20.8 Å². The molecule has 0 aliphatic carbocycles. The molecule has 0 fully saturated rings. The Morgan fingerprint density at radius 3 is 2.45 bits per heavy atom. The van der Waals surface area contributed by atoms with Crippen LogP contribution in [0.2, 0.25) is 0 Å². The van der Waals surface area contributed by atoms with Crippen molar-refractivity contribution in [2.75, 3.05) is 5.88 Å². The van der Waals surface area contributed by atoms with Crippen LogP contribution in [0.1, 0.15) is 26.3 Å². The summed E-state index contributed by atoms with van der Waals surface area (Å²) in [6, 6.07) is 9.12. The van der Waals surface area contributed by atoms with Gasteiger partial charge in [0.05, 0.1) is 18.0 Å². The molecule has 0 heterocycles. The first-order chi connectivity index (χ1) is 9.31. The largest absolute Gasteiger partial charge is 0.444 e. The zero-order chi connectivity index (χ0) is 15.2. The van der Waals surface area contributed by atoms with E-state index in [4.69, 9.17) is 16.3 Å². The zero-order valence-corrected chi connectivity index (χ0v) is 12.9. The fourth-order valence-corrected chi connectivity index (χ4v) is 1.93. The summed E-state index contributed by atoms with van der Waals surface area (Å²) >= 11 is 5.69. The van der Waals surface area contributed by atoms with E-state index in [0.29, 0.717) is 6.42 Å². The number of ether oxygens (including phenoxy) is 1. The lowest BCUT2D eigenvalue weighted by atomic mass is 10.1. The van der Waals surface area contributed by atoms with Crippen LogP contribution in [-0.2, 0) is 11.2 Å². The first-order valence-corrected chi connectivity index (χ1v) is 7.13. The lowest BCUT2D eigenvalue weighted by Crippen LogP contribution is -2.47. The molecule has 1 rings (SSSR count). The number of benzene rings is 1. The van der Waals surface area contributed by atoms with Gasteiger partial charge in [0.25, 0.3) is 0 Å². The highest BCUT2D eigenvalue weighted by Gasteiger charge is 2.24. The molecule has 20 heavy (non-hydrogen) atoms. The van der Waals surface area contributed by atoms with Crippen LogP contribution in [0.15, 0.2) is 30.3 Å². The van der Waals surface area contributed by atoms with Crippen molar-refractivity contribution in [2.24, 2.45) is 0 Å². The third-order valence-electron chi connectivity index (χ3n) is 2.62. The van der Waals surface area contributed by atoms with Crippen LogP contribution in [-0.4, -0.2) is 34.8 Å². The summed E-state index contributed by atoms with van der Waals surface area (Å²) in [5.74, 6) is 0.0489. The van der Waals surface area contributed by atoms with Crippen molar-refractivity contribution in [1.82, 2.24) is 5.32 Å². The predicted octanol–water partition coefficient (Wildman–Crippen LogP) is 2.72. The molecule has 0 unspecified atom stereocenters. The SMILES string of the molecule is CC(C)(C)OC(=O)N[C@@H](C[13c]1[13cH][13cH][13cH][13cH][13cH]1)[C@@H](O)CCl. The number of aliphatic hydroxyl groups is 1. The van der Waals surface area contributed by atoms with Crippen LogP contribution in [0.3, 0.4) is 0 Å². The normalized spacial score (nSPS) is 14.4. The van der Waals surface area contributed by atoms with Gasteiger partial charge in [0.2, 0.25) is 0 Å². The van der Waals surface area contributed by atoms with Crippen LogP contribution in [0.5, 0.6) is 0 Å². The second kappa shape index (κ2) is 7.50. The Balaban J connectivity index is 2.68. The Morgan fingerprint density at radius 2 is 1.95 bits per heavy atom. The second-order valence-electron chi connectivity index (χ2n) is 5.66. The lowest BCUT2D eigenvalue weighted by Gasteiger charge is -2.26. The fourth-order valence-electron chi connectivity index (χ4n) is 1.72. The number of halogens is 1. The molecular weight excluding hydrogens is 284 g/mol. The molecule has 5 heteroatoms. The van der Waals surface area contributed by atoms with Crippen molar-refractivity contribution in [3.8, 4) is 0 Å². The van der Waals surface area contributed by atoms with Gasteiger partial charge in [-0.2, -0.15) is 0 Å². The number of alkyl halides is 1. The maximum Gasteiger partial charge on any atom is 0.407 e. The summed E-state index contributed by atoms with van der Waals surface area (Å²) in [5, 5.41) is 12.6. The van der Waals surface area contributed by atoms with Gasteiger partial charge in [0, 0.05) is 0 Å². The summed E-state index contributed by atoms with van der Waals surface area (Å²) in [7, 11) is 0. The highest BCUT2D eigenvalue weighted by Crippen LogP contribution is 2.10. The number of hydrogen-bond donors (Lipinski definition) is 2. The van der Waals surface area contributed by atoms with E-state index in [1.165, 1.54) is 0 Å². The van der Waals surface area contributed by atoms with Crippen LogP contribution >= 0.6 is 11.6 Å². The number of nitrogens with one attached hydrogen (secondary N) is 1. The Kier molecular flexibility index (Phi) is 6.30. The number of amides is 1. The van der Waals surface area contributed by atoms with Crippen molar-refractivity contribution in [2.45, 2.75) is 44.9 Å². The van der Waals surface area contributed by atoms with Crippen LogP contribution in [0, 0.1) is 0 Å². The van der Waals surface area contributed by atoms with Crippen molar-refractivity contribution in [1.29, 1.82) is 0 Å². The number of carbonyl (C=O) groups is 1. The van der Waals surface area contributed by atoms with E-state index in [9.17, 15) is 9.90 Å². The first kappa shape index (κ1) is 16.8. The highest BCUT2D eigenvalue weighted by atomic mass is 35.5. The van der Waals surface area contributed by atoms with Gasteiger partial charge in [-0.3, -0.25) is 0 Å². The van der Waals surface area contributed by atoms with E-state index in [0.717, 1.165) is 5.56 Å². The van der Waals surface area contributed by atoms with Gasteiger partial charge in [-0.15, -0.1) is 11.6 Å². The maximum absolute atomic E-state index is 11.8. The molecule has 1 aromatic carbocycles. The second-order valence-corrected chi connectivity index (χ2v) is 5.97. The third kappa shape index (κ3) is 6.26. The van der Waals surface area contributed by atoms with Crippen LogP contribution in [0.4, 0.5) is 4.79 Å². The summed E-state index contributed by atoms with van der Waals surface area (Å²) < 4.78 is 5.20. The molecule has 0 aliphatic rings. The average molecular weight is 306 g/mol. The van der Waals surface area contributed by atoms with E-state index < -0.39 is 23.8 Å². The summed E-state index contributed by atoms with van der Waals surface area (Å²) in [6.07, 6.45) is -0.888. The smallest absolute Gasteiger partial charge is 0.407 e. The zero-order valence-electron chi connectivity index (χ0n) is 12.1. The molecule has 0 aromatic heterocycles. The molecule has 112 valence electrons. The monoisotopic (exact) mass is 305 g/mol.